The summed E-state index contributed by atoms with van der Waals surface area (Å²) in [6.45, 7) is 13.8. The maximum atomic E-state index is 12.9. The largest absolute Gasteiger partial charge is 0.324 e. The van der Waals surface area contributed by atoms with E-state index in [9.17, 15) is 14.4 Å². The minimum absolute atomic E-state index is 0.318. The Labute approximate surface area is 173 Å². The number of ketones is 1. The Balaban J connectivity index is 0.000000989. The Kier molecular flexibility index (Phi) is 9.14. The van der Waals surface area contributed by atoms with E-state index < -0.39 is 23.1 Å². The molecule has 0 N–H and O–H groups in total. The fourth-order valence-electron chi connectivity index (χ4n) is 3.02. The maximum absolute atomic E-state index is 12.9. The third-order valence-electron chi connectivity index (χ3n) is 5.05. The highest BCUT2D eigenvalue weighted by atomic mass is 16.2. The van der Waals surface area contributed by atoms with Crippen LogP contribution in [0.15, 0.2) is 24.3 Å². The SMILES string of the molecule is CC.CC.CCC(C)(C)C(=O)C(=O)N1CCC[C@H]1C(=O)n1nnc2ccccc21. The summed E-state index contributed by atoms with van der Waals surface area (Å²) in [5.41, 5.74) is 0.495. The summed E-state index contributed by atoms with van der Waals surface area (Å²) in [6, 6.07) is 6.49. The molecular weight excluding hydrogens is 368 g/mol. The van der Waals surface area contributed by atoms with Gasteiger partial charge < -0.3 is 4.90 Å². The van der Waals surface area contributed by atoms with Crippen molar-refractivity contribution < 1.29 is 14.4 Å². The molecule has 2 aromatic rings. The van der Waals surface area contributed by atoms with E-state index >= 15 is 0 Å². The maximum Gasteiger partial charge on any atom is 0.291 e. The van der Waals surface area contributed by atoms with Gasteiger partial charge in [0.05, 0.1) is 5.52 Å². The first-order valence-electron chi connectivity index (χ1n) is 10.6. The number of para-hydroxylation sites is 1. The van der Waals surface area contributed by atoms with Crippen LogP contribution >= 0.6 is 0 Å². The van der Waals surface area contributed by atoms with Crippen molar-refractivity contribution in [3.05, 3.63) is 24.3 Å². The number of nitrogens with zero attached hydrogens (tertiary/aromatic N) is 4. The van der Waals surface area contributed by atoms with E-state index in [0.717, 1.165) is 0 Å². The Hall–Kier alpha value is -2.57. The van der Waals surface area contributed by atoms with Crippen LogP contribution < -0.4 is 0 Å². The monoisotopic (exact) mass is 402 g/mol. The third-order valence-corrected chi connectivity index (χ3v) is 5.05. The molecule has 1 atom stereocenters. The van der Waals surface area contributed by atoms with Gasteiger partial charge in [-0.3, -0.25) is 14.4 Å². The van der Waals surface area contributed by atoms with Crippen molar-refractivity contribution in [2.24, 2.45) is 5.41 Å². The molecule has 1 saturated heterocycles. The lowest BCUT2D eigenvalue weighted by Crippen LogP contribution is -2.48. The third kappa shape index (κ3) is 5.08. The number of likely N-dealkylation sites (tertiary alicyclic amines) is 1. The van der Waals surface area contributed by atoms with E-state index in [-0.39, 0.29) is 5.91 Å². The van der Waals surface area contributed by atoms with Crippen molar-refractivity contribution in [3.8, 4) is 0 Å². The molecule has 1 aliphatic rings. The minimum Gasteiger partial charge on any atom is -0.324 e. The van der Waals surface area contributed by atoms with Crippen molar-refractivity contribution in [3.63, 3.8) is 0 Å². The van der Waals surface area contributed by atoms with Gasteiger partial charge in [-0.25, -0.2) is 0 Å². The highest BCUT2D eigenvalue weighted by Gasteiger charge is 2.41. The normalized spacial score (nSPS) is 15.8. The molecule has 1 amide bonds. The summed E-state index contributed by atoms with van der Waals surface area (Å²) in [6.07, 6.45) is 1.78. The van der Waals surface area contributed by atoms with Crippen molar-refractivity contribution in [2.45, 2.75) is 73.8 Å². The van der Waals surface area contributed by atoms with E-state index in [1.54, 1.807) is 32.0 Å². The summed E-state index contributed by atoms with van der Waals surface area (Å²) in [7, 11) is 0. The molecule has 0 bridgehead atoms. The lowest BCUT2D eigenvalue weighted by Gasteiger charge is -2.27. The van der Waals surface area contributed by atoms with Crippen LogP contribution in [0.25, 0.3) is 11.0 Å². The first kappa shape index (κ1) is 24.5. The van der Waals surface area contributed by atoms with Crippen molar-refractivity contribution in [2.75, 3.05) is 6.54 Å². The molecule has 1 aliphatic heterocycles. The molecule has 7 nitrogen and oxygen atoms in total. The van der Waals surface area contributed by atoms with Crippen LogP contribution in [0.2, 0.25) is 0 Å². The molecule has 1 aromatic heterocycles. The van der Waals surface area contributed by atoms with Gasteiger partial charge in [-0.15, -0.1) is 5.10 Å². The molecular formula is C22H34N4O3. The predicted octanol–water partition coefficient (Wildman–Crippen LogP) is 4.12. The molecule has 29 heavy (non-hydrogen) atoms. The van der Waals surface area contributed by atoms with Gasteiger partial charge in [0, 0.05) is 12.0 Å². The topological polar surface area (TPSA) is 85.2 Å². The van der Waals surface area contributed by atoms with Gasteiger partial charge in [-0.1, -0.05) is 65.8 Å². The molecule has 1 aromatic carbocycles. The second-order valence-electron chi connectivity index (χ2n) is 7.05. The number of aromatic nitrogens is 3. The number of hydrogen-bond acceptors (Lipinski definition) is 5. The molecule has 160 valence electrons. The number of fused-ring (bicyclic) bond motifs is 1. The van der Waals surface area contributed by atoms with Crippen molar-refractivity contribution in [1.82, 2.24) is 19.9 Å². The lowest BCUT2D eigenvalue weighted by atomic mass is 9.84. The second-order valence-corrected chi connectivity index (χ2v) is 7.05. The quantitative estimate of drug-likeness (QED) is 0.718. The van der Waals surface area contributed by atoms with Crippen LogP contribution in [-0.4, -0.2) is 50.1 Å². The van der Waals surface area contributed by atoms with Crippen molar-refractivity contribution >= 4 is 28.6 Å². The summed E-state index contributed by atoms with van der Waals surface area (Å²) in [5.74, 6) is -1.34. The number of benzene rings is 1. The van der Waals surface area contributed by atoms with E-state index in [4.69, 9.17) is 0 Å². The standard InChI is InChI=1S/C18H22N4O3.2C2H6/c1-4-18(2,3)15(23)17(25)21-11-7-10-14(21)16(24)22-13-9-6-5-8-12(13)19-20-22;2*1-2/h5-6,8-9,14H,4,7,10-11H2,1-3H3;2*1-2H3/t14-;;/m0../s1. The van der Waals surface area contributed by atoms with Crippen LogP contribution in [0.1, 0.15) is 72.5 Å². The van der Waals surface area contributed by atoms with E-state index in [1.807, 2.05) is 40.7 Å². The van der Waals surface area contributed by atoms with E-state index in [1.165, 1.54) is 9.58 Å². The van der Waals surface area contributed by atoms with Gasteiger partial charge in [0.25, 0.3) is 11.8 Å². The Morgan fingerprint density at radius 2 is 1.72 bits per heavy atom. The Morgan fingerprint density at radius 3 is 2.34 bits per heavy atom. The zero-order valence-corrected chi connectivity index (χ0v) is 18.7. The number of amides is 1. The molecule has 0 spiro atoms. The minimum atomic E-state index is -0.729. The number of carbonyl (C=O) groups excluding carboxylic acids is 3. The van der Waals surface area contributed by atoms with Crippen LogP contribution in [0.5, 0.6) is 0 Å². The molecule has 1 fully saturated rings. The smallest absolute Gasteiger partial charge is 0.291 e. The Morgan fingerprint density at radius 1 is 1.10 bits per heavy atom. The van der Waals surface area contributed by atoms with Crippen LogP contribution in [0.3, 0.4) is 0 Å². The van der Waals surface area contributed by atoms with Crippen molar-refractivity contribution in [1.29, 1.82) is 0 Å². The molecule has 0 radical (unpaired) electrons. The molecule has 7 heteroatoms. The zero-order chi connectivity index (χ0) is 22.2. The van der Waals surface area contributed by atoms with Gasteiger partial charge in [0.15, 0.2) is 0 Å². The first-order valence-corrected chi connectivity index (χ1v) is 10.6. The fraction of sp³-hybridized carbons (Fsp3) is 0.591. The van der Waals surface area contributed by atoms with Crippen LogP contribution in [-0.2, 0) is 9.59 Å². The number of rotatable bonds is 4. The molecule has 0 aliphatic carbocycles. The summed E-state index contributed by atoms with van der Waals surface area (Å²) in [5, 5.41) is 7.93. The number of hydrogen-bond donors (Lipinski definition) is 0. The first-order chi connectivity index (χ1) is 13.9. The highest BCUT2D eigenvalue weighted by molar-refractivity contribution is 6.38. The predicted molar refractivity (Wildman–Crippen MR) is 115 cm³/mol. The lowest BCUT2D eigenvalue weighted by molar-refractivity contribution is -0.149. The second kappa shape index (κ2) is 10.8. The van der Waals surface area contributed by atoms with Crippen LogP contribution in [0.4, 0.5) is 0 Å². The Bertz CT molecular complexity index is 841. The summed E-state index contributed by atoms with van der Waals surface area (Å²) in [4.78, 5) is 39.5. The molecule has 3 rings (SSSR count). The van der Waals surface area contributed by atoms with Crippen LogP contribution in [0, 0.1) is 5.41 Å². The zero-order valence-electron chi connectivity index (χ0n) is 18.7. The van der Waals surface area contributed by atoms with E-state index in [2.05, 4.69) is 10.3 Å². The highest BCUT2D eigenvalue weighted by Crippen LogP contribution is 2.26. The van der Waals surface area contributed by atoms with Gasteiger partial charge in [0.2, 0.25) is 5.78 Å². The summed E-state index contributed by atoms with van der Waals surface area (Å²) < 4.78 is 1.24. The van der Waals surface area contributed by atoms with Gasteiger partial charge >= 0.3 is 0 Å². The fourth-order valence-corrected chi connectivity index (χ4v) is 3.02. The average molecular weight is 403 g/mol. The van der Waals surface area contributed by atoms with Gasteiger partial charge in [0.1, 0.15) is 11.6 Å². The van der Waals surface area contributed by atoms with E-state index in [0.29, 0.717) is 36.8 Å². The number of Topliss-reactive ketones (excluding diaryl/α,β-unsaturated/α-hetero) is 1. The molecule has 0 unspecified atom stereocenters. The average Bonchev–Trinajstić information content (AvgIpc) is 3.42. The van der Waals surface area contributed by atoms with Gasteiger partial charge in [-0.2, -0.15) is 4.68 Å². The number of carbonyl (C=O) groups is 3. The molecule has 0 saturated carbocycles. The van der Waals surface area contributed by atoms with Gasteiger partial charge in [-0.05, 0) is 31.4 Å². The summed E-state index contributed by atoms with van der Waals surface area (Å²) >= 11 is 0. The molecule has 2 heterocycles.